The molecule has 0 spiro atoms. The highest BCUT2D eigenvalue weighted by Gasteiger charge is 2.21. The van der Waals surface area contributed by atoms with Gasteiger partial charge in [0.1, 0.15) is 11.4 Å². The molecule has 0 aromatic heterocycles. The van der Waals surface area contributed by atoms with Crippen LogP contribution >= 0.6 is 0 Å². The van der Waals surface area contributed by atoms with E-state index in [0.717, 1.165) is 6.07 Å². The summed E-state index contributed by atoms with van der Waals surface area (Å²) < 4.78 is 37.8. The minimum absolute atomic E-state index is 0.0398. The lowest BCUT2D eigenvalue weighted by Gasteiger charge is -2.10. The highest BCUT2D eigenvalue weighted by Crippen LogP contribution is 2.30. The number of para-hydroxylation sites is 1. The maximum atomic E-state index is 12.7. The summed E-state index contributed by atoms with van der Waals surface area (Å²) in [5.41, 5.74) is 2.53. The molecule has 3 aromatic rings. The Labute approximate surface area is 189 Å². The molecule has 0 fully saturated rings. The van der Waals surface area contributed by atoms with Crippen molar-refractivity contribution < 1.29 is 27.9 Å². The van der Waals surface area contributed by atoms with Crippen molar-refractivity contribution in [1.82, 2.24) is 0 Å². The molecule has 0 saturated heterocycles. The Morgan fingerprint density at radius 1 is 1.06 bits per heavy atom. The number of nitrogens with zero attached hydrogens (tertiary/aromatic N) is 2. The van der Waals surface area contributed by atoms with Gasteiger partial charge in [0.25, 0.3) is 15.7 Å². The first-order valence-electron chi connectivity index (χ1n) is 9.35. The fraction of sp³-hybridized carbons (Fsp3) is 0.0952. The van der Waals surface area contributed by atoms with Crippen molar-refractivity contribution in [3.8, 4) is 17.2 Å². The number of rotatable bonds is 9. The number of ether oxygens (including phenoxy) is 2. The Bertz CT molecular complexity index is 1290. The first-order valence-corrected chi connectivity index (χ1v) is 10.8. The van der Waals surface area contributed by atoms with Crippen LogP contribution in [0.5, 0.6) is 17.2 Å². The van der Waals surface area contributed by atoms with E-state index < -0.39 is 20.6 Å². The molecule has 3 rings (SSSR count). The lowest BCUT2D eigenvalue weighted by atomic mass is 10.2. The van der Waals surface area contributed by atoms with Crippen LogP contribution in [0.3, 0.4) is 0 Å². The minimum atomic E-state index is -4.09. The van der Waals surface area contributed by atoms with Crippen LogP contribution in [0.25, 0.3) is 0 Å². The third kappa shape index (κ3) is 5.49. The van der Waals surface area contributed by atoms with Gasteiger partial charge in [0.2, 0.25) is 0 Å². The quantitative estimate of drug-likeness (QED) is 0.243. The van der Waals surface area contributed by atoms with Crippen molar-refractivity contribution in [2.45, 2.75) is 4.90 Å². The molecule has 12 heteroatoms. The summed E-state index contributed by atoms with van der Waals surface area (Å²) in [5, 5.41) is 25.5. The number of methoxy groups -OCH3 is 2. The van der Waals surface area contributed by atoms with Gasteiger partial charge in [-0.25, -0.2) is 8.42 Å². The number of nitro groups is 1. The van der Waals surface area contributed by atoms with E-state index in [2.05, 4.69) is 15.2 Å². The van der Waals surface area contributed by atoms with Crippen LogP contribution in [0, 0.1) is 10.1 Å². The summed E-state index contributed by atoms with van der Waals surface area (Å²) in [7, 11) is -1.21. The van der Waals surface area contributed by atoms with E-state index in [-0.39, 0.29) is 27.8 Å². The molecule has 0 amide bonds. The maximum Gasteiger partial charge on any atom is 0.295 e. The van der Waals surface area contributed by atoms with Gasteiger partial charge in [-0.2, -0.15) is 5.10 Å². The van der Waals surface area contributed by atoms with E-state index in [0.29, 0.717) is 11.3 Å². The summed E-state index contributed by atoms with van der Waals surface area (Å²) in [6, 6.07) is 14.3. The van der Waals surface area contributed by atoms with Crippen LogP contribution in [0.2, 0.25) is 0 Å². The molecule has 33 heavy (non-hydrogen) atoms. The highest BCUT2D eigenvalue weighted by molar-refractivity contribution is 7.92. The van der Waals surface area contributed by atoms with Crippen LogP contribution in [0.4, 0.5) is 17.1 Å². The van der Waals surface area contributed by atoms with E-state index in [1.807, 2.05) is 0 Å². The number of phenols is 1. The maximum absolute atomic E-state index is 12.7. The number of hydrogen-bond acceptors (Lipinski definition) is 9. The Morgan fingerprint density at radius 3 is 2.42 bits per heavy atom. The molecule has 0 saturated carbocycles. The zero-order valence-corrected chi connectivity index (χ0v) is 18.4. The number of nitrogens with one attached hydrogen (secondary N) is 2. The molecular formula is C21H20N4O7S. The van der Waals surface area contributed by atoms with Crippen LogP contribution in [-0.2, 0) is 10.0 Å². The van der Waals surface area contributed by atoms with Gasteiger partial charge in [-0.1, -0.05) is 6.07 Å². The van der Waals surface area contributed by atoms with Crippen molar-refractivity contribution in [3.05, 3.63) is 76.3 Å². The summed E-state index contributed by atoms with van der Waals surface area (Å²) >= 11 is 0. The molecule has 11 nitrogen and oxygen atoms in total. The third-order valence-corrected chi connectivity index (χ3v) is 5.84. The SMILES string of the molecule is COc1ccc(NS(=O)(=O)c2ccc(NN=Cc3cccc(OC)c3O)c([N+](=O)[O-])c2)cc1. The fourth-order valence-corrected chi connectivity index (χ4v) is 3.86. The lowest BCUT2D eigenvalue weighted by molar-refractivity contribution is -0.384. The van der Waals surface area contributed by atoms with Crippen molar-refractivity contribution in [3.63, 3.8) is 0 Å². The fourth-order valence-electron chi connectivity index (χ4n) is 2.78. The first-order chi connectivity index (χ1) is 15.7. The Balaban J connectivity index is 1.83. The molecule has 0 aliphatic heterocycles. The van der Waals surface area contributed by atoms with Crippen LogP contribution in [0.15, 0.2) is 70.7 Å². The van der Waals surface area contributed by atoms with Crippen LogP contribution in [-0.4, -0.2) is 38.9 Å². The highest BCUT2D eigenvalue weighted by atomic mass is 32.2. The molecule has 0 bridgehead atoms. The van der Waals surface area contributed by atoms with E-state index in [4.69, 9.17) is 9.47 Å². The average Bonchev–Trinajstić information content (AvgIpc) is 2.80. The molecule has 0 radical (unpaired) electrons. The Morgan fingerprint density at radius 2 is 1.79 bits per heavy atom. The molecular weight excluding hydrogens is 452 g/mol. The number of benzene rings is 3. The van der Waals surface area contributed by atoms with Crippen molar-refractivity contribution in [2.75, 3.05) is 24.4 Å². The van der Waals surface area contributed by atoms with Gasteiger partial charge in [-0.05, 0) is 48.5 Å². The number of sulfonamides is 1. The minimum Gasteiger partial charge on any atom is -0.504 e. The number of hydrogen-bond donors (Lipinski definition) is 3. The van der Waals surface area contributed by atoms with Crippen molar-refractivity contribution in [2.24, 2.45) is 5.10 Å². The number of phenolic OH excluding ortho intramolecular Hbond substituents is 1. The molecule has 3 aromatic carbocycles. The largest absolute Gasteiger partial charge is 0.504 e. The van der Waals surface area contributed by atoms with E-state index in [1.165, 1.54) is 44.7 Å². The molecule has 0 heterocycles. The summed E-state index contributed by atoms with van der Waals surface area (Å²) in [6.07, 6.45) is 1.25. The topological polar surface area (TPSA) is 152 Å². The van der Waals surface area contributed by atoms with Gasteiger partial charge in [0, 0.05) is 17.3 Å². The van der Waals surface area contributed by atoms with Crippen molar-refractivity contribution in [1.29, 1.82) is 0 Å². The van der Waals surface area contributed by atoms with E-state index >= 15 is 0 Å². The smallest absolute Gasteiger partial charge is 0.295 e. The summed E-state index contributed by atoms with van der Waals surface area (Å²) in [5.74, 6) is 0.641. The van der Waals surface area contributed by atoms with Crippen LogP contribution in [0.1, 0.15) is 5.56 Å². The summed E-state index contributed by atoms with van der Waals surface area (Å²) in [4.78, 5) is 10.5. The Kier molecular flexibility index (Phi) is 6.98. The molecule has 0 aliphatic rings. The Hall–Kier alpha value is -4.32. The summed E-state index contributed by atoms with van der Waals surface area (Å²) in [6.45, 7) is 0. The molecule has 172 valence electrons. The molecule has 0 atom stereocenters. The normalized spacial score (nSPS) is 11.2. The van der Waals surface area contributed by atoms with E-state index in [1.54, 1.807) is 30.3 Å². The first kappa shape index (κ1) is 23.3. The molecule has 0 unspecified atom stereocenters. The van der Waals surface area contributed by atoms with Gasteiger partial charge in [0.15, 0.2) is 11.5 Å². The van der Waals surface area contributed by atoms with Gasteiger partial charge < -0.3 is 14.6 Å². The van der Waals surface area contributed by atoms with Crippen LogP contribution < -0.4 is 19.6 Å². The predicted molar refractivity (Wildman–Crippen MR) is 123 cm³/mol. The molecule has 0 aliphatic carbocycles. The third-order valence-electron chi connectivity index (χ3n) is 4.46. The van der Waals surface area contributed by atoms with Crippen molar-refractivity contribution >= 4 is 33.3 Å². The number of nitro benzene ring substituents is 1. The monoisotopic (exact) mass is 472 g/mol. The number of aromatic hydroxyl groups is 1. The second-order valence-corrected chi connectivity index (χ2v) is 8.22. The number of hydrazone groups is 1. The van der Waals surface area contributed by atoms with Gasteiger partial charge in [-0.15, -0.1) is 0 Å². The standard InChI is InChI=1S/C21H20N4O7S/c1-31-16-8-6-15(7-9-16)24-33(29,30)17-10-11-18(19(12-17)25(27)28)23-22-13-14-4-3-5-20(32-2)21(14)26/h3-13,23-24,26H,1-2H3. The van der Waals surface area contributed by atoms with E-state index in [9.17, 15) is 23.6 Å². The zero-order chi connectivity index (χ0) is 24.0. The van der Waals surface area contributed by atoms with Gasteiger partial charge in [0.05, 0.1) is 30.3 Å². The predicted octanol–water partition coefficient (Wildman–Crippen LogP) is 3.56. The van der Waals surface area contributed by atoms with Gasteiger partial charge in [-0.3, -0.25) is 20.3 Å². The molecule has 3 N–H and O–H groups in total. The zero-order valence-electron chi connectivity index (χ0n) is 17.6. The second-order valence-electron chi connectivity index (χ2n) is 6.54. The average molecular weight is 472 g/mol. The number of anilines is 2. The van der Waals surface area contributed by atoms with Gasteiger partial charge >= 0.3 is 0 Å². The second kappa shape index (κ2) is 9.87. The lowest BCUT2D eigenvalue weighted by Crippen LogP contribution is -2.13.